The first-order valence-electron chi connectivity index (χ1n) is 12.8. The van der Waals surface area contributed by atoms with Crippen molar-refractivity contribution >= 4 is 23.4 Å². The summed E-state index contributed by atoms with van der Waals surface area (Å²) in [4.78, 5) is 27.6. The quantitative estimate of drug-likeness (QED) is 0.321. The zero-order valence-corrected chi connectivity index (χ0v) is 23.2. The van der Waals surface area contributed by atoms with Crippen LogP contribution >= 0.6 is 0 Å². The van der Waals surface area contributed by atoms with E-state index in [1.807, 2.05) is 65.8 Å². The third-order valence-corrected chi connectivity index (χ3v) is 6.03. The predicted octanol–water partition coefficient (Wildman–Crippen LogP) is 7.02. The summed E-state index contributed by atoms with van der Waals surface area (Å²) >= 11 is 0. The van der Waals surface area contributed by atoms with Crippen molar-refractivity contribution in [1.29, 1.82) is 0 Å². The topological polar surface area (TPSA) is 79.3 Å². The van der Waals surface area contributed by atoms with Gasteiger partial charge < -0.3 is 15.5 Å². The van der Waals surface area contributed by atoms with Gasteiger partial charge in [-0.05, 0) is 55.2 Å². The van der Waals surface area contributed by atoms with Crippen LogP contribution in [0.15, 0.2) is 54.6 Å². The van der Waals surface area contributed by atoms with E-state index in [1.165, 1.54) is 17.0 Å². The van der Waals surface area contributed by atoms with E-state index < -0.39 is 23.7 Å². The van der Waals surface area contributed by atoms with Gasteiger partial charge in [-0.15, -0.1) is 0 Å². The fourth-order valence-electron chi connectivity index (χ4n) is 3.79. The Hall–Kier alpha value is -3.82. The van der Waals surface area contributed by atoms with E-state index in [4.69, 9.17) is 5.10 Å². The van der Waals surface area contributed by atoms with Crippen LogP contribution in [0.3, 0.4) is 0 Å². The van der Waals surface area contributed by atoms with Crippen LogP contribution < -0.4 is 10.6 Å². The number of alkyl halides is 3. The Labute approximate surface area is 227 Å². The van der Waals surface area contributed by atoms with Crippen molar-refractivity contribution in [2.45, 2.75) is 59.6 Å². The molecule has 3 amide bonds. The molecule has 0 spiro atoms. The largest absolute Gasteiger partial charge is 0.416 e. The number of aryl methyl sites for hydroxylation is 1. The van der Waals surface area contributed by atoms with Crippen molar-refractivity contribution in [2.24, 2.45) is 5.92 Å². The van der Waals surface area contributed by atoms with Gasteiger partial charge in [0.25, 0.3) is 0 Å². The molecule has 0 unspecified atom stereocenters. The molecule has 1 aromatic heterocycles. The minimum absolute atomic E-state index is 0.00266. The molecule has 0 atom stereocenters. The maximum Gasteiger partial charge on any atom is 0.416 e. The SMILES string of the molecule is Cc1cccc(-n2nc(C(C)(C)C)cc2NC(=O)CN(CCC(C)C)C(=O)Nc2cccc(C(F)(F)F)c2)c1. The highest BCUT2D eigenvalue weighted by Gasteiger charge is 2.31. The van der Waals surface area contributed by atoms with Crippen LogP contribution in [-0.4, -0.2) is 39.7 Å². The third-order valence-electron chi connectivity index (χ3n) is 6.03. The fourth-order valence-corrected chi connectivity index (χ4v) is 3.79. The fraction of sp³-hybridized carbons (Fsp3) is 0.414. The van der Waals surface area contributed by atoms with E-state index in [2.05, 4.69) is 10.6 Å². The molecule has 0 radical (unpaired) electrons. The molecule has 2 N–H and O–H groups in total. The molecule has 3 aromatic rings. The number of amides is 3. The number of hydrogen-bond donors (Lipinski definition) is 2. The van der Waals surface area contributed by atoms with Crippen LogP contribution in [0.1, 0.15) is 57.9 Å². The van der Waals surface area contributed by atoms with Crippen molar-refractivity contribution in [3.05, 3.63) is 71.4 Å². The average molecular weight is 544 g/mol. The lowest BCUT2D eigenvalue weighted by Crippen LogP contribution is -2.41. The molecule has 0 saturated carbocycles. The van der Waals surface area contributed by atoms with Gasteiger partial charge in [0.2, 0.25) is 5.91 Å². The first kappa shape index (κ1) is 29.7. The van der Waals surface area contributed by atoms with Crippen molar-refractivity contribution in [2.75, 3.05) is 23.7 Å². The van der Waals surface area contributed by atoms with Gasteiger partial charge in [-0.2, -0.15) is 18.3 Å². The van der Waals surface area contributed by atoms with Gasteiger partial charge in [0, 0.05) is 23.7 Å². The number of carbonyl (C=O) groups excluding carboxylic acids is 2. The molecule has 210 valence electrons. The van der Waals surface area contributed by atoms with E-state index in [1.54, 1.807) is 10.7 Å². The highest BCUT2D eigenvalue weighted by Crippen LogP contribution is 2.31. The van der Waals surface area contributed by atoms with Crippen molar-refractivity contribution < 1.29 is 22.8 Å². The first-order valence-corrected chi connectivity index (χ1v) is 12.8. The van der Waals surface area contributed by atoms with E-state index in [0.29, 0.717) is 12.2 Å². The van der Waals surface area contributed by atoms with Crippen LogP contribution in [0.25, 0.3) is 5.69 Å². The number of hydrogen-bond acceptors (Lipinski definition) is 3. The zero-order chi connectivity index (χ0) is 29.0. The second kappa shape index (κ2) is 11.9. The summed E-state index contributed by atoms with van der Waals surface area (Å²) in [6.45, 7) is 12.0. The van der Waals surface area contributed by atoms with E-state index in [-0.39, 0.29) is 30.1 Å². The molecule has 2 aromatic carbocycles. The number of nitrogens with one attached hydrogen (secondary N) is 2. The van der Waals surface area contributed by atoms with Gasteiger partial charge in [-0.1, -0.05) is 52.8 Å². The Kier molecular flexibility index (Phi) is 9.09. The summed E-state index contributed by atoms with van der Waals surface area (Å²) < 4.78 is 41.0. The molecule has 0 aliphatic carbocycles. The summed E-state index contributed by atoms with van der Waals surface area (Å²) in [6.07, 6.45) is -3.93. The molecular formula is C29H36F3N5O2. The van der Waals surface area contributed by atoms with Gasteiger partial charge in [0.05, 0.1) is 16.9 Å². The maximum atomic E-state index is 13.2. The molecular weight excluding hydrogens is 507 g/mol. The number of anilines is 2. The number of aromatic nitrogens is 2. The molecule has 3 rings (SSSR count). The number of nitrogens with zero attached hydrogens (tertiary/aromatic N) is 3. The number of halogens is 3. The monoisotopic (exact) mass is 543 g/mol. The maximum absolute atomic E-state index is 13.2. The van der Waals surface area contributed by atoms with Crippen molar-refractivity contribution in [3.63, 3.8) is 0 Å². The summed E-state index contributed by atoms with van der Waals surface area (Å²) in [5.74, 6) is 0.249. The lowest BCUT2D eigenvalue weighted by Gasteiger charge is -2.24. The van der Waals surface area contributed by atoms with Gasteiger partial charge in [0.1, 0.15) is 12.4 Å². The third kappa shape index (κ3) is 8.33. The summed E-state index contributed by atoms with van der Waals surface area (Å²) in [5.41, 5.74) is 1.44. The molecule has 0 aliphatic rings. The zero-order valence-electron chi connectivity index (χ0n) is 23.2. The molecule has 39 heavy (non-hydrogen) atoms. The molecule has 7 nitrogen and oxygen atoms in total. The molecule has 0 aliphatic heterocycles. The lowest BCUT2D eigenvalue weighted by atomic mass is 9.92. The molecule has 0 bridgehead atoms. The van der Waals surface area contributed by atoms with Gasteiger partial charge in [-0.25, -0.2) is 9.48 Å². The highest BCUT2D eigenvalue weighted by molar-refractivity contribution is 5.96. The van der Waals surface area contributed by atoms with Gasteiger partial charge >= 0.3 is 12.2 Å². The predicted molar refractivity (Wildman–Crippen MR) is 147 cm³/mol. The van der Waals surface area contributed by atoms with Crippen molar-refractivity contribution in [3.8, 4) is 5.69 Å². The minimum atomic E-state index is -4.54. The molecule has 0 fully saturated rings. The van der Waals surface area contributed by atoms with Crippen LogP contribution in [0.5, 0.6) is 0 Å². The average Bonchev–Trinajstić information content (AvgIpc) is 3.25. The summed E-state index contributed by atoms with van der Waals surface area (Å²) in [7, 11) is 0. The highest BCUT2D eigenvalue weighted by atomic mass is 19.4. The number of benzene rings is 2. The number of carbonyl (C=O) groups is 2. The van der Waals surface area contributed by atoms with Crippen LogP contribution in [0, 0.1) is 12.8 Å². The Balaban J connectivity index is 1.83. The number of rotatable bonds is 8. The van der Waals surface area contributed by atoms with E-state index in [0.717, 1.165) is 29.1 Å². The lowest BCUT2D eigenvalue weighted by molar-refractivity contribution is -0.137. The van der Waals surface area contributed by atoms with Crippen molar-refractivity contribution in [1.82, 2.24) is 14.7 Å². The Morgan fingerprint density at radius 2 is 1.69 bits per heavy atom. The van der Waals surface area contributed by atoms with Gasteiger partial charge in [-0.3, -0.25) is 4.79 Å². The standard InChI is InChI=1S/C29H36F3N5O2/c1-19(2)13-14-36(27(39)33-22-11-8-10-21(16-22)29(30,31)32)18-26(38)34-25-17-24(28(4,5)6)35-37(25)23-12-7-9-20(3)15-23/h7-12,15-17,19H,13-14,18H2,1-6H3,(H,33,39)(H,34,38). The normalized spacial score (nSPS) is 11.9. The Morgan fingerprint density at radius 3 is 2.31 bits per heavy atom. The summed E-state index contributed by atoms with van der Waals surface area (Å²) in [6, 6.07) is 13.3. The van der Waals surface area contributed by atoms with Crippen LogP contribution in [-0.2, 0) is 16.4 Å². The summed E-state index contributed by atoms with van der Waals surface area (Å²) in [5, 5.41) is 10.1. The van der Waals surface area contributed by atoms with E-state index >= 15 is 0 Å². The second-order valence-corrected chi connectivity index (χ2v) is 11.1. The van der Waals surface area contributed by atoms with E-state index in [9.17, 15) is 22.8 Å². The molecule has 0 saturated heterocycles. The number of urea groups is 1. The first-order chi connectivity index (χ1) is 18.1. The molecule has 10 heteroatoms. The van der Waals surface area contributed by atoms with Crippen LogP contribution in [0.4, 0.5) is 29.5 Å². The van der Waals surface area contributed by atoms with Gasteiger partial charge in [0.15, 0.2) is 0 Å². The Morgan fingerprint density at radius 1 is 1.00 bits per heavy atom. The minimum Gasteiger partial charge on any atom is -0.315 e. The van der Waals surface area contributed by atoms with Crippen LogP contribution in [0.2, 0.25) is 0 Å². The molecule has 1 heterocycles. The smallest absolute Gasteiger partial charge is 0.315 e. The Bertz CT molecular complexity index is 1310. The second-order valence-electron chi connectivity index (χ2n) is 11.1.